The Bertz CT molecular complexity index is 498. The minimum Gasteiger partial charge on any atom is -0.478 e. The van der Waals surface area contributed by atoms with Crippen LogP contribution in [0.5, 0.6) is 0 Å². The first-order valence-corrected chi connectivity index (χ1v) is 7.22. The predicted molar refractivity (Wildman–Crippen MR) is 82.6 cm³/mol. The summed E-state index contributed by atoms with van der Waals surface area (Å²) in [5.74, 6) is -0.941. The Morgan fingerprint density at radius 3 is 2.62 bits per heavy atom. The fraction of sp³-hybridized carbons (Fsp3) is 0.500. The zero-order valence-corrected chi connectivity index (χ0v) is 12.9. The molecule has 0 aliphatic carbocycles. The normalized spacial score (nSPS) is 11.0. The second kappa shape index (κ2) is 7.67. The zero-order valence-electron chi connectivity index (χ0n) is 12.9. The highest BCUT2D eigenvalue weighted by Gasteiger charge is 2.18. The van der Waals surface area contributed by atoms with Gasteiger partial charge in [0.25, 0.3) is 0 Å². The van der Waals surface area contributed by atoms with Crippen LogP contribution in [0.15, 0.2) is 24.3 Å². The van der Waals surface area contributed by atoms with Crippen LogP contribution in [0.2, 0.25) is 0 Å². The Kier molecular flexibility index (Phi) is 6.21. The third-order valence-electron chi connectivity index (χ3n) is 3.20. The predicted octanol–water partition coefficient (Wildman–Crippen LogP) is 2.81. The quantitative estimate of drug-likeness (QED) is 0.723. The summed E-state index contributed by atoms with van der Waals surface area (Å²) in [6, 6.07) is 6.56. The summed E-state index contributed by atoms with van der Waals surface area (Å²) >= 11 is 0. The molecule has 0 aromatic heterocycles. The van der Waals surface area contributed by atoms with Crippen LogP contribution >= 0.6 is 0 Å². The minimum atomic E-state index is -0.941. The number of carbonyl (C=O) groups is 2. The van der Waals surface area contributed by atoms with Crippen molar-refractivity contribution in [3.05, 3.63) is 35.4 Å². The first-order valence-electron chi connectivity index (χ1n) is 7.22. The molecule has 0 spiro atoms. The van der Waals surface area contributed by atoms with Gasteiger partial charge in [-0.25, -0.2) is 9.59 Å². The molecule has 116 valence electrons. The topological polar surface area (TPSA) is 78.4 Å². The van der Waals surface area contributed by atoms with Gasteiger partial charge in [0.05, 0.1) is 5.56 Å². The molecule has 21 heavy (non-hydrogen) atoms. The largest absolute Gasteiger partial charge is 0.478 e. The number of benzene rings is 1. The highest BCUT2D eigenvalue weighted by atomic mass is 16.4. The van der Waals surface area contributed by atoms with Crippen molar-refractivity contribution in [2.75, 3.05) is 6.54 Å². The van der Waals surface area contributed by atoms with Gasteiger partial charge in [0.2, 0.25) is 0 Å². The van der Waals surface area contributed by atoms with Gasteiger partial charge in [-0.3, -0.25) is 0 Å². The summed E-state index contributed by atoms with van der Waals surface area (Å²) in [6.45, 7) is 6.53. The van der Waals surface area contributed by atoms with Gasteiger partial charge in [-0.05, 0) is 44.4 Å². The molecule has 3 N–H and O–H groups in total. The maximum atomic E-state index is 11.8. The Hall–Kier alpha value is -2.04. The van der Waals surface area contributed by atoms with Gasteiger partial charge >= 0.3 is 12.0 Å². The molecule has 0 bridgehead atoms. The number of nitrogens with one attached hydrogen (secondary N) is 2. The Morgan fingerprint density at radius 1 is 1.29 bits per heavy atom. The molecule has 0 radical (unpaired) electrons. The van der Waals surface area contributed by atoms with Crippen molar-refractivity contribution in [3.8, 4) is 0 Å². The van der Waals surface area contributed by atoms with Crippen molar-refractivity contribution >= 4 is 12.0 Å². The number of carboxylic acids is 1. The van der Waals surface area contributed by atoms with E-state index in [0.29, 0.717) is 13.0 Å². The highest BCUT2D eigenvalue weighted by molar-refractivity contribution is 5.87. The van der Waals surface area contributed by atoms with Gasteiger partial charge in [-0.1, -0.05) is 25.5 Å². The standard InChI is InChI=1S/C16H24N2O3/c1-4-9-16(2,3)18-15(21)17-10-8-12-6-5-7-13(11-12)14(19)20/h5-7,11H,4,8-10H2,1-3H3,(H,19,20)(H2,17,18,21). The van der Waals surface area contributed by atoms with Crippen LogP contribution in [-0.4, -0.2) is 29.2 Å². The third kappa shape index (κ3) is 6.29. The zero-order chi connectivity index (χ0) is 15.9. The van der Waals surface area contributed by atoms with Crippen LogP contribution in [0, 0.1) is 0 Å². The molecule has 5 heteroatoms. The summed E-state index contributed by atoms with van der Waals surface area (Å²) in [6.07, 6.45) is 2.53. The lowest BCUT2D eigenvalue weighted by molar-refractivity contribution is 0.0696. The maximum Gasteiger partial charge on any atom is 0.335 e. The van der Waals surface area contributed by atoms with E-state index in [2.05, 4.69) is 17.6 Å². The number of amides is 2. The van der Waals surface area contributed by atoms with E-state index in [4.69, 9.17) is 5.11 Å². The van der Waals surface area contributed by atoms with E-state index in [9.17, 15) is 9.59 Å². The summed E-state index contributed by atoms with van der Waals surface area (Å²) in [7, 11) is 0. The second-order valence-corrected chi connectivity index (χ2v) is 5.77. The number of hydrogen-bond acceptors (Lipinski definition) is 2. The number of rotatable bonds is 7. The molecule has 2 amide bonds. The molecular weight excluding hydrogens is 268 g/mol. The van der Waals surface area contributed by atoms with E-state index >= 15 is 0 Å². The molecule has 0 aliphatic rings. The molecule has 1 rings (SSSR count). The SMILES string of the molecule is CCCC(C)(C)NC(=O)NCCc1cccc(C(=O)O)c1. The van der Waals surface area contributed by atoms with Crippen molar-refractivity contribution in [2.24, 2.45) is 0 Å². The number of aromatic carboxylic acids is 1. The van der Waals surface area contributed by atoms with Gasteiger partial charge in [0.15, 0.2) is 0 Å². The number of urea groups is 1. The Morgan fingerprint density at radius 2 is 2.00 bits per heavy atom. The first kappa shape index (κ1) is 17.0. The fourth-order valence-corrected chi connectivity index (χ4v) is 2.22. The van der Waals surface area contributed by atoms with Crippen molar-refractivity contribution in [2.45, 2.75) is 45.6 Å². The average molecular weight is 292 g/mol. The second-order valence-electron chi connectivity index (χ2n) is 5.77. The number of carbonyl (C=O) groups excluding carboxylic acids is 1. The van der Waals surface area contributed by atoms with E-state index in [1.807, 2.05) is 19.9 Å². The van der Waals surface area contributed by atoms with E-state index in [0.717, 1.165) is 18.4 Å². The Labute approximate surface area is 125 Å². The molecule has 0 unspecified atom stereocenters. The number of hydrogen-bond donors (Lipinski definition) is 3. The van der Waals surface area contributed by atoms with Crippen molar-refractivity contribution in [1.29, 1.82) is 0 Å². The van der Waals surface area contributed by atoms with Gasteiger partial charge < -0.3 is 15.7 Å². The van der Waals surface area contributed by atoms with Gasteiger partial charge in [0, 0.05) is 12.1 Å². The molecule has 0 saturated carbocycles. The lowest BCUT2D eigenvalue weighted by Crippen LogP contribution is -2.48. The summed E-state index contributed by atoms with van der Waals surface area (Å²) in [5, 5.41) is 14.6. The van der Waals surface area contributed by atoms with Crippen LogP contribution in [0.3, 0.4) is 0 Å². The van der Waals surface area contributed by atoms with E-state index in [-0.39, 0.29) is 17.1 Å². The van der Waals surface area contributed by atoms with Gasteiger partial charge in [-0.15, -0.1) is 0 Å². The third-order valence-corrected chi connectivity index (χ3v) is 3.20. The number of carboxylic acid groups (broad SMARTS) is 1. The smallest absolute Gasteiger partial charge is 0.335 e. The molecule has 0 heterocycles. The molecule has 0 saturated heterocycles. The Balaban J connectivity index is 2.41. The van der Waals surface area contributed by atoms with Crippen molar-refractivity contribution in [3.63, 3.8) is 0 Å². The van der Waals surface area contributed by atoms with Gasteiger partial charge in [-0.2, -0.15) is 0 Å². The van der Waals surface area contributed by atoms with Crippen LogP contribution in [-0.2, 0) is 6.42 Å². The minimum absolute atomic E-state index is 0.192. The molecule has 1 aromatic rings. The molecule has 0 aliphatic heterocycles. The van der Waals surface area contributed by atoms with Crippen LogP contribution in [0.25, 0.3) is 0 Å². The van der Waals surface area contributed by atoms with E-state index in [1.165, 1.54) is 0 Å². The summed E-state index contributed by atoms with van der Waals surface area (Å²) in [5.41, 5.74) is 0.936. The van der Waals surface area contributed by atoms with Crippen molar-refractivity contribution < 1.29 is 14.7 Å². The summed E-state index contributed by atoms with van der Waals surface area (Å²) < 4.78 is 0. The van der Waals surface area contributed by atoms with E-state index < -0.39 is 5.97 Å². The molecule has 0 fully saturated rings. The highest BCUT2D eigenvalue weighted by Crippen LogP contribution is 2.10. The lowest BCUT2D eigenvalue weighted by Gasteiger charge is -2.25. The molecule has 0 atom stereocenters. The van der Waals surface area contributed by atoms with Crippen LogP contribution < -0.4 is 10.6 Å². The fourth-order valence-electron chi connectivity index (χ4n) is 2.22. The molecule has 1 aromatic carbocycles. The van der Waals surface area contributed by atoms with Gasteiger partial charge in [0.1, 0.15) is 0 Å². The monoisotopic (exact) mass is 292 g/mol. The lowest BCUT2D eigenvalue weighted by atomic mass is 9.99. The van der Waals surface area contributed by atoms with Crippen LogP contribution in [0.1, 0.15) is 49.5 Å². The van der Waals surface area contributed by atoms with Crippen molar-refractivity contribution in [1.82, 2.24) is 10.6 Å². The summed E-state index contributed by atoms with van der Waals surface area (Å²) in [4.78, 5) is 22.7. The average Bonchev–Trinajstić information content (AvgIpc) is 2.38. The van der Waals surface area contributed by atoms with E-state index in [1.54, 1.807) is 18.2 Å². The molecular formula is C16H24N2O3. The first-order chi connectivity index (χ1) is 9.84. The molecule has 5 nitrogen and oxygen atoms in total. The van der Waals surface area contributed by atoms with Crippen LogP contribution in [0.4, 0.5) is 4.79 Å². The maximum absolute atomic E-state index is 11.8.